The highest BCUT2D eigenvalue weighted by Crippen LogP contribution is 2.29. The van der Waals surface area contributed by atoms with Crippen LogP contribution in [0.25, 0.3) is 0 Å². The van der Waals surface area contributed by atoms with Gasteiger partial charge in [-0.05, 0) is 28.1 Å². The first-order valence-corrected chi connectivity index (χ1v) is 6.06. The Labute approximate surface area is 105 Å². The number of methoxy groups -OCH3 is 2. The summed E-state index contributed by atoms with van der Waals surface area (Å²) in [5.74, 6) is 0.275. The van der Waals surface area contributed by atoms with Crippen LogP contribution in [0.1, 0.15) is 15.9 Å². The Morgan fingerprint density at radius 2 is 2.07 bits per heavy atom. The minimum absolute atomic E-state index is 0.388. The lowest BCUT2D eigenvalue weighted by molar-refractivity contribution is 0.0599. The molecule has 0 aliphatic heterocycles. The third kappa shape index (κ3) is 2.72. The third-order valence-corrected chi connectivity index (χ3v) is 3.18. The summed E-state index contributed by atoms with van der Waals surface area (Å²) >= 11 is 6.66. The average Bonchev–Trinajstić information content (AvgIpc) is 2.27. The van der Waals surface area contributed by atoms with Gasteiger partial charge in [-0.25, -0.2) is 4.79 Å². The lowest BCUT2D eigenvalue weighted by Crippen LogP contribution is -2.04. The zero-order chi connectivity index (χ0) is 11.4. The van der Waals surface area contributed by atoms with Gasteiger partial charge in [0, 0.05) is 15.4 Å². The van der Waals surface area contributed by atoms with Crippen molar-refractivity contribution in [2.75, 3.05) is 14.2 Å². The number of carbonyl (C=O) groups is 1. The van der Waals surface area contributed by atoms with E-state index in [0.29, 0.717) is 21.1 Å². The highest BCUT2D eigenvalue weighted by molar-refractivity contribution is 9.10. The summed E-state index contributed by atoms with van der Waals surface area (Å²) in [5, 5.41) is 0.663. The first-order valence-electron chi connectivity index (χ1n) is 4.14. The number of alkyl halides is 1. The van der Waals surface area contributed by atoms with E-state index in [2.05, 4.69) is 36.6 Å². The predicted molar refractivity (Wildman–Crippen MR) is 64.7 cm³/mol. The zero-order valence-corrected chi connectivity index (χ0v) is 11.5. The normalized spacial score (nSPS) is 9.87. The second-order valence-electron chi connectivity index (χ2n) is 2.77. The predicted octanol–water partition coefficient (Wildman–Crippen LogP) is 3.14. The van der Waals surface area contributed by atoms with Crippen LogP contribution < -0.4 is 4.74 Å². The Morgan fingerprint density at radius 1 is 1.40 bits per heavy atom. The molecule has 1 rings (SSSR count). The van der Waals surface area contributed by atoms with Crippen LogP contribution in [0.15, 0.2) is 16.6 Å². The van der Waals surface area contributed by atoms with Crippen molar-refractivity contribution in [3.05, 3.63) is 27.7 Å². The molecule has 0 aliphatic rings. The molecule has 0 atom stereocenters. The molecule has 82 valence electrons. The van der Waals surface area contributed by atoms with Gasteiger partial charge in [0.2, 0.25) is 0 Å². The summed E-state index contributed by atoms with van der Waals surface area (Å²) in [6, 6.07) is 3.49. The van der Waals surface area contributed by atoms with Crippen molar-refractivity contribution < 1.29 is 14.3 Å². The Hall–Kier alpha value is -0.550. The van der Waals surface area contributed by atoms with Crippen molar-refractivity contribution in [3.63, 3.8) is 0 Å². The van der Waals surface area contributed by atoms with Crippen molar-refractivity contribution in [2.24, 2.45) is 0 Å². The van der Waals surface area contributed by atoms with Crippen LogP contribution in [0.5, 0.6) is 5.75 Å². The number of rotatable bonds is 3. The van der Waals surface area contributed by atoms with Gasteiger partial charge in [0.15, 0.2) is 0 Å². The lowest BCUT2D eigenvalue weighted by Gasteiger charge is -2.09. The fourth-order valence-corrected chi connectivity index (χ4v) is 2.15. The van der Waals surface area contributed by atoms with E-state index < -0.39 is 0 Å². The largest absolute Gasteiger partial charge is 0.496 e. The maximum absolute atomic E-state index is 11.4. The molecule has 0 saturated carbocycles. The first kappa shape index (κ1) is 12.5. The van der Waals surface area contributed by atoms with Gasteiger partial charge in [-0.15, -0.1) is 0 Å². The van der Waals surface area contributed by atoms with E-state index in [1.165, 1.54) is 7.11 Å². The smallest absolute Gasteiger partial charge is 0.339 e. The van der Waals surface area contributed by atoms with Crippen LogP contribution in [-0.2, 0) is 10.1 Å². The SMILES string of the molecule is COC(=O)c1cc(OC)c(CBr)cc1Br. The third-order valence-electron chi connectivity index (χ3n) is 1.92. The zero-order valence-electron chi connectivity index (χ0n) is 8.34. The molecule has 15 heavy (non-hydrogen) atoms. The summed E-state index contributed by atoms with van der Waals surface area (Å²) in [5.41, 5.74) is 1.43. The number of benzene rings is 1. The standard InChI is InChI=1S/C10H10Br2O3/c1-14-9-4-7(10(13)15-2)8(12)3-6(9)5-11/h3-4H,5H2,1-2H3. The van der Waals surface area contributed by atoms with Crippen LogP contribution >= 0.6 is 31.9 Å². The van der Waals surface area contributed by atoms with Gasteiger partial charge >= 0.3 is 5.97 Å². The van der Waals surface area contributed by atoms with E-state index >= 15 is 0 Å². The fourth-order valence-electron chi connectivity index (χ4n) is 1.16. The van der Waals surface area contributed by atoms with Crippen LogP contribution in [0, 0.1) is 0 Å². The second-order valence-corrected chi connectivity index (χ2v) is 4.18. The van der Waals surface area contributed by atoms with Crippen molar-refractivity contribution in [1.82, 2.24) is 0 Å². The van der Waals surface area contributed by atoms with E-state index in [4.69, 9.17) is 4.74 Å². The van der Waals surface area contributed by atoms with Crippen molar-refractivity contribution >= 4 is 37.8 Å². The minimum atomic E-state index is -0.388. The molecule has 0 N–H and O–H groups in total. The summed E-state index contributed by atoms with van der Waals surface area (Å²) < 4.78 is 10.5. The van der Waals surface area contributed by atoms with Crippen LogP contribution in [0.4, 0.5) is 0 Å². The summed E-state index contributed by atoms with van der Waals surface area (Å²) in [6.07, 6.45) is 0. The maximum atomic E-state index is 11.4. The number of carbonyl (C=O) groups excluding carboxylic acids is 1. The fraction of sp³-hybridized carbons (Fsp3) is 0.300. The molecule has 0 bridgehead atoms. The molecule has 0 fully saturated rings. The molecule has 0 unspecified atom stereocenters. The Morgan fingerprint density at radius 3 is 2.53 bits per heavy atom. The Kier molecular flexibility index (Phi) is 4.60. The molecule has 0 aliphatic carbocycles. The van der Waals surface area contributed by atoms with E-state index in [-0.39, 0.29) is 5.97 Å². The van der Waals surface area contributed by atoms with Gasteiger partial charge in [-0.1, -0.05) is 15.9 Å². The van der Waals surface area contributed by atoms with Crippen LogP contribution in [0.2, 0.25) is 0 Å². The molecule has 0 spiro atoms. The molecule has 0 heterocycles. The van der Waals surface area contributed by atoms with Crippen LogP contribution in [-0.4, -0.2) is 20.2 Å². The van der Waals surface area contributed by atoms with Gasteiger partial charge in [0.25, 0.3) is 0 Å². The van der Waals surface area contributed by atoms with Crippen LogP contribution in [0.3, 0.4) is 0 Å². The molecule has 1 aromatic rings. The number of hydrogen-bond acceptors (Lipinski definition) is 3. The number of ether oxygens (including phenoxy) is 2. The monoisotopic (exact) mass is 336 g/mol. The minimum Gasteiger partial charge on any atom is -0.496 e. The van der Waals surface area contributed by atoms with Gasteiger partial charge in [0.1, 0.15) is 5.75 Å². The topological polar surface area (TPSA) is 35.5 Å². The van der Waals surface area contributed by atoms with E-state index in [1.807, 2.05) is 6.07 Å². The first-order chi connectivity index (χ1) is 7.13. The number of hydrogen-bond donors (Lipinski definition) is 0. The van der Waals surface area contributed by atoms with E-state index in [1.54, 1.807) is 13.2 Å². The lowest BCUT2D eigenvalue weighted by atomic mass is 10.1. The second kappa shape index (κ2) is 5.51. The molecule has 5 heteroatoms. The van der Waals surface area contributed by atoms with Gasteiger partial charge < -0.3 is 9.47 Å². The number of halogens is 2. The molecule has 1 aromatic carbocycles. The molecule has 0 aromatic heterocycles. The molecule has 0 saturated heterocycles. The molecule has 3 nitrogen and oxygen atoms in total. The van der Waals surface area contributed by atoms with E-state index in [0.717, 1.165) is 5.56 Å². The molecule has 0 radical (unpaired) electrons. The quantitative estimate of drug-likeness (QED) is 0.628. The molecular weight excluding hydrogens is 328 g/mol. The highest BCUT2D eigenvalue weighted by atomic mass is 79.9. The summed E-state index contributed by atoms with van der Waals surface area (Å²) in [4.78, 5) is 11.4. The Balaban J connectivity index is 3.25. The maximum Gasteiger partial charge on any atom is 0.339 e. The highest BCUT2D eigenvalue weighted by Gasteiger charge is 2.14. The number of esters is 1. The molecule has 0 amide bonds. The van der Waals surface area contributed by atoms with Crippen molar-refractivity contribution in [3.8, 4) is 5.75 Å². The van der Waals surface area contributed by atoms with Crippen molar-refractivity contribution in [1.29, 1.82) is 0 Å². The summed E-state index contributed by atoms with van der Waals surface area (Å²) in [7, 11) is 2.91. The Bertz CT molecular complexity index is 377. The average molecular weight is 338 g/mol. The van der Waals surface area contributed by atoms with Crippen molar-refractivity contribution in [2.45, 2.75) is 5.33 Å². The van der Waals surface area contributed by atoms with Gasteiger partial charge in [0.05, 0.1) is 19.8 Å². The summed E-state index contributed by atoms with van der Waals surface area (Å²) in [6.45, 7) is 0. The van der Waals surface area contributed by atoms with Gasteiger partial charge in [-0.3, -0.25) is 0 Å². The van der Waals surface area contributed by atoms with E-state index in [9.17, 15) is 4.79 Å². The van der Waals surface area contributed by atoms with Gasteiger partial charge in [-0.2, -0.15) is 0 Å². The molecular formula is C10H10Br2O3.